The minimum Gasteiger partial charge on any atom is -0.355 e. The minimum atomic E-state index is 0.0320. The van der Waals surface area contributed by atoms with Crippen LogP contribution in [0.2, 0.25) is 0 Å². The van der Waals surface area contributed by atoms with E-state index in [9.17, 15) is 4.79 Å². The molecule has 2 aromatic heterocycles. The lowest BCUT2D eigenvalue weighted by Crippen LogP contribution is -2.31. The van der Waals surface area contributed by atoms with Crippen LogP contribution in [0.3, 0.4) is 0 Å². The highest BCUT2D eigenvalue weighted by Gasteiger charge is 2.17. The molecule has 1 N–H and O–H groups in total. The number of aromatic nitrogens is 1. The van der Waals surface area contributed by atoms with Crippen molar-refractivity contribution >= 4 is 28.6 Å². The standard InChI is InChI=1S/C20H22N2OS2/c1-14(2)17(15-7-4-3-5-8-15)12-21-19(23)11-16-13-25-20(22-16)18-9-6-10-24-18/h3-10,13-14,17H,11-12H2,1-2H3,(H,21,23). The molecule has 25 heavy (non-hydrogen) atoms. The molecule has 0 aliphatic heterocycles. The van der Waals surface area contributed by atoms with Crippen molar-refractivity contribution in [2.24, 2.45) is 5.92 Å². The average molecular weight is 371 g/mol. The molecule has 0 spiro atoms. The third-order valence-corrected chi connectivity index (χ3v) is 6.11. The second kappa shape index (κ2) is 8.41. The molecule has 1 amide bonds. The van der Waals surface area contributed by atoms with Gasteiger partial charge in [-0.05, 0) is 22.9 Å². The predicted octanol–water partition coefficient (Wildman–Crippen LogP) is 4.97. The van der Waals surface area contributed by atoms with Crippen LogP contribution in [0, 0.1) is 5.92 Å². The molecule has 0 saturated heterocycles. The van der Waals surface area contributed by atoms with Crippen molar-refractivity contribution in [3.05, 3.63) is 64.5 Å². The van der Waals surface area contributed by atoms with E-state index in [-0.39, 0.29) is 5.91 Å². The molecule has 1 unspecified atom stereocenters. The third kappa shape index (κ3) is 4.77. The minimum absolute atomic E-state index is 0.0320. The van der Waals surface area contributed by atoms with Crippen molar-refractivity contribution in [2.75, 3.05) is 6.54 Å². The van der Waals surface area contributed by atoms with Gasteiger partial charge in [0.1, 0.15) is 5.01 Å². The molecule has 0 aliphatic carbocycles. The summed E-state index contributed by atoms with van der Waals surface area (Å²) in [5.74, 6) is 0.819. The van der Waals surface area contributed by atoms with Gasteiger partial charge >= 0.3 is 0 Å². The number of nitrogens with zero attached hydrogens (tertiary/aromatic N) is 1. The Kier molecular flexibility index (Phi) is 6.00. The van der Waals surface area contributed by atoms with Crippen LogP contribution < -0.4 is 5.32 Å². The molecule has 0 aliphatic rings. The number of carbonyl (C=O) groups is 1. The van der Waals surface area contributed by atoms with Crippen LogP contribution in [0.1, 0.15) is 31.0 Å². The number of carbonyl (C=O) groups excluding carboxylic acids is 1. The summed E-state index contributed by atoms with van der Waals surface area (Å²) in [6, 6.07) is 14.5. The van der Waals surface area contributed by atoms with Crippen LogP contribution >= 0.6 is 22.7 Å². The Bertz CT molecular complexity index is 794. The van der Waals surface area contributed by atoms with Gasteiger partial charge in [-0.25, -0.2) is 4.98 Å². The SMILES string of the molecule is CC(C)C(CNC(=O)Cc1csc(-c2cccs2)n1)c1ccccc1. The predicted molar refractivity (Wildman–Crippen MR) is 106 cm³/mol. The van der Waals surface area contributed by atoms with E-state index in [4.69, 9.17) is 0 Å². The highest BCUT2D eigenvalue weighted by Crippen LogP contribution is 2.28. The topological polar surface area (TPSA) is 42.0 Å². The Morgan fingerprint density at radius 2 is 1.92 bits per heavy atom. The Labute approximate surface area is 156 Å². The van der Waals surface area contributed by atoms with Gasteiger partial charge in [0.25, 0.3) is 0 Å². The summed E-state index contributed by atoms with van der Waals surface area (Å²) in [5.41, 5.74) is 2.11. The molecule has 0 radical (unpaired) electrons. The summed E-state index contributed by atoms with van der Waals surface area (Å²) >= 11 is 3.27. The van der Waals surface area contributed by atoms with Gasteiger partial charge in [0.2, 0.25) is 5.91 Å². The lowest BCUT2D eigenvalue weighted by Gasteiger charge is -2.21. The fraction of sp³-hybridized carbons (Fsp3) is 0.300. The van der Waals surface area contributed by atoms with Crippen molar-refractivity contribution < 1.29 is 4.79 Å². The maximum atomic E-state index is 12.3. The number of rotatable bonds is 7. The van der Waals surface area contributed by atoms with E-state index in [0.717, 1.165) is 15.6 Å². The Hall–Kier alpha value is -1.98. The lowest BCUT2D eigenvalue weighted by atomic mass is 9.88. The van der Waals surface area contributed by atoms with E-state index >= 15 is 0 Å². The molecule has 1 atom stereocenters. The smallest absolute Gasteiger partial charge is 0.226 e. The highest BCUT2D eigenvalue weighted by atomic mass is 32.1. The molecule has 0 saturated carbocycles. The Morgan fingerprint density at radius 3 is 2.60 bits per heavy atom. The van der Waals surface area contributed by atoms with Gasteiger partial charge in [0.05, 0.1) is 17.0 Å². The maximum absolute atomic E-state index is 12.3. The summed E-state index contributed by atoms with van der Waals surface area (Å²) in [4.78, 5) is 18.1. The number of hydrogen-bond donors (Lipinski definition) is 1. The van der Waals surface area contributed by atoms with Gasteiger partial charge in [-0.15, -0.1) is 22.7 Å². The summed E-state index contributed by atoms with van der Waals surface area (Å²) in [7, 11) is 0. The van der Waals surface area contributed by atoms with Crippen LogP contribution in [0.25, 0.3) is 9.88 Å². The van der Waals surface area contributed by atoms with Crippen LogP contribution in [0.5, 0.6) is 0 Å². The van der Waals surface area contributed by atoms with Gasteiger partial charge in [-0.3, -0.25) is 4.79 Å². The number of hydrogen-bond acceptors (Lipinski definition) is 4. The van der Waals surface area contributed by atoms with Crippen molar-refractivity contribution in [3.8, 4) is 9.88 Å². The second-order valence-electron chi connectivity index (χ2n) is 6.36. The van der Waals surface area contributed by atoms with Crippen molar-refractivity contribution in [3.63, 3.8) is 0 Å². The van der Waals surface area contributed by atoms with Crippen LogP contribution in [-0.4, -0.2) is 17.4 Å². The van der Waals surface area contributed by atoms with Crippen LogP contribution in [0.4, 0.5) is 0 Å². The molecule has 3 nitrogen and oxygen atoms in total. The molecule has 0 bridgehead atoms. The van der Waals surface area contributed by atoms with E-state index in [1.54, 1.807) is 22.7 Å². The van der Waals surface area contributed by atoms with Gasteiger partial charge in [0, 0.05) is 17.8 Å². The van der Waals surface area contributed by atoms with Crippen LogP contribution in [-0.2, 0) is 11.2 Å². The first-order valence-electron chi connectivity index (χ1n) is 8.43. The second-order valence-corrected chi connectivity index (χ2v) is 8.17. The molecule has 1 aromatic carbocycles. The molecular formula is C20H22N2OS2. The van der Waals surface area contributed by atoms with E-state index < -0.39 is 0 Å². The lowest BCUT2D eigenvalue weighted by molar-refractivity contribution is -0.120. The molecule has 3 aromatic rings. The molecule has 3 rings (SSSR count). The van der Waals surface area contributed by atoms with E-state index in [0.29, 0.717) is 24.8 Å². The average Bonchev–Trinajstić information content (AvgIpc) is 3.27. The van der Waals surface area contributed by atoms with Gasteiger partial charge < -0.3 is 5.32 Å². The Balaban J connectivity index is 1.57. The Morgan fingerprint density at radius 1 is 1.12 bits per heavy atom. The third-order valence-electron chi connectivity index (χ3n) is 4.18. The van der Waals surface area contributed by atoms with Crippen LogP contribution in [0.15, 0.2) is 53.2 Å². The number of thiazole rings is 1. The molecule has 130 valence electrons. The summed E-state index contributed by atoms with van der Waals surface area (Å²) in [6.45, 7) is 5.04. The van der Waals surface area contributed by atoms with E-state index in [1.165, 1.54) is 5.56 Å². The van der Waals surface area contributed by atoms with E-state index in [2.05, 4.69) is 42.3 Å². The first-order valence-corrected chi connectivity index (χ1v) is 10.2. The van der Waals surface area contributed by atoms with Crippen molar-refractivity contribution in [1.29, 1.82) is 0 Å². The highest BCUT2D eigenvalue weighted by molar-refractivity contribution is 7.20. The molecular weight excluding hydrogens is 348 g/mol. The zero-order valence-electron chi connectivity index (χ0n) is 14.4. The number of amides is 1. The van der Waals surface area contributed by atoms with Gasteiger partial charge in [0.15, 0.2) is 0 Å². The summed E-state index contributed by atoms with van der Waals surface area (Å²) in [6.07, 6.45) is 0.335. The fourth-order valence-electron chi connectivity index (χ4n) is 2.79. The zero-order chi connectivity index (χ0) is 17.6. The number of nitrogens with one attached hydrogen (secondary N) is 1. The number of benzene rings is 1. The molecule has 0 fully saturated rings. The van der Waals surface area contributed by atoms with Gasteiger partial charge in [-0.1, -0.05) is 50.2 Å². The van der Waals surface area contributed by atoms with E-state index in [1.807, 2.05) is 35.0 Å². The first kappa shape index (κ1) is 17.8. The van der Waals surface area contributed by atoms with Gasteiger partial charge in [-0.2, -0.15) is 0 Å². The summed E-state index contributed by atoms with van der Waals surface area (Å²) < 4.78 is 0. The summed E-state index contributed by atoms with van der Waals surface area (Å²) in [5, 5.41) is 8.09. The first-order chi connectivity index (χ1) is 12.1. The number of thiophene rings is 1. The zero-order valence-corrected chi connectivity index (χ0v) is 16.1. The molecule has 2 heterocycles. The molecule has 5 heteroatoms. The normalized spacial score (nSPS) is 12.3. The quantitative estimate of drug-likeness (QED) is 0.638. The van der Waals surface area contributed by atoms with Crippen molar-refractivity contribution in [1.82, 2.24) is 10.3 Å². The largest absolute Gasteiger partial charge is 0.355 e. The monoisotopic (exact) mass is 370 g/mol. The van der Waals surface area contributed by atoms with Crippen molar-refractivity contribution in [2.45, 2.75) is 26.2 Å². The fourth-order valence-corrected chi connectivity index (χ4v) is 4.42. The maximum Gasteiger partial charge on any atom is 0.226 e.